The molecule has 0 atom stereocenters. The monoisotopic (exact) mass is 952 g/mol. The maximum absolute atomic E-state index is 11.2. The number of nitrogens with two attached hydrogens (primary N) is 1. The number of piperazine rings is 2. The Balaban J connectivity index is 0.000000153. The van der Waals surface area contributed by atoms with Crippen LogP contribution in [0, 0.1) is 16.7 Å². The maximum atomic E-state index is 11.2. The van der Waals surface area contributed by atoms with Crippen LogP contribution in [0.2, 0.25) is 0 Å². The minimum absolute atomic E-state index is 0.116. The Hall–Kier alpha value is -8.08. The number of aliphatic imine (C=N–C) groups is 1. The Bertz CT molecular complexity index is 3160. The summed E-state index contributed by atoms with van der Waals surface area (Å²) in [5.41, 5.74) is 17.8. The van der Waals surface area contributed by atoms with Crippen molar-refractivity contribution in [1.82, 2.24) is 39.7 Å². The summed E-state index contributed by atoms with van der Waals surface area (Å²) in [5.74, 6) is 1.93. The molecule has 2 fully saturated rings. The number of nitrogens with zero attached hydrogens (tertiary/aromatic N) is 11. The number of hydrogen-bond acceptors (Lipinski definition) is 14. The van der Waals surface area contributed by atoms with Crippen LogP contribution in [0.25, 0.3) is 49.7 Å². The second-order valence-electron chi connectivity index (χ2n) is 17.3. The normalized spacial score (nSPS) is 14.8. The predicted octanol–water partition coefficient (Wildman–Crippen LogP) is 8.19. The molecule has 0 aliphatic carbocycles. The van der Waals surface area contributed by atoms with Crippen LogP contribution in [0.4, 0.5) is 34.3 Å². The summed E-state index contributed by atoms with van der Waals surface area (Å²) in [6.45, 7) is 18.1. The Morgan fingerprint density at radius 1 is 0.690 bits per heavy atom. The molecule has 4 aromatic heterocycles. The molecule has 71 heavy (non-hydrogen) atoms. The van der Waals surface area contributed by atoms with E-state index in [-0.39, 0.29) is 11.4 Å². The molecule has 0 radical (unpaired) electrons. The SMILES string of the molecule is COCCN1CCN(c2ccc3nc(-c4ccc(N)c([N+](=O)[O-])c4)[nH]c3c2)CC1.COCCN1CCN(c2ccc3nc(-c4ccc5c(c4)CC(c4ccccn4)=N5)[nH]c3c2)CC1.[C-]#[N+]c1ccccn1. The second kappa shape index (κ2) is 22.6. The van der Waals surface area contributed by atoms with Crippen LogP contribution in [-0.4, -0.2) is 143 Å². The third kappa shape index (κ3) is 11.7. The number of fused-ring (bicyclic) bond motifs is 3. The summed E-state index contributed by atoms with van der Waals surface area (Å²) in [5, 5.41) is 11.2. The van der Waals surface area contributed by atoms with Gasteiger partial charge < -0.3 is 39.8 Å². The number of ether oxygens (including phenoxy) is 2. The Morgan fingerprint density at radius 2 is 1.25 bits per heavy atom. The summed E-state index contributed by atoms with van der Waals surface area (Å²) in [6.07, 6.45) is 4.21. The van der Waals surface area contributed by atoms with E-state index in [9.17, 15) is 10.1 Å². The van der Waals surface area contributed by atoms with Gasteiger partial charge in [-0.25, -0.2) is 9.97 Å². The number of pyridine rings is 2. The third-order valence-corrected chi connectivity index (χ3v) is 12.8. The van der Waals surface area contributed by atoms with Crippen molar-refractivity contribution in [2.24, 2.45) is 4.99 Å². The highest BCUT2D eigenvalue weighted by Crippen LogP contribution is 2.34. The van der Waals surface area contributed by atoms with E-state index in [4.69, 9.17) is 31.8 Å². The summed E-state index contributed by atoms with van der Waals surface area (Å²) in [6, 6.07) is 35.0. The lowest BCUT2D eigenvalue weighted by Crippen LogP contribution is -2.47. The van der Waals surface area contributed by atoms with Gasteiger partial charge in [-0.15, -0.1) is 4.98 Å². The molecule has 0 saturated carbocycles. The molecule has 0 unspecified atom stereocenters. The van der Waals surface area contributed by atoms with Gasteiger partial charge >= 0.3 is 0 Å². The highest BCUT2D eigenvalue weighted by Gasteiger charge is 2.22. The van der Waals surface area contributed by atoms with Gasteiger partial charge in [0.25, 0.3) is 11.5 Å². The van der Waals surface area contributed by atoms with E-state index in [0.717, 1.165) is 141 Å². The number of aromatic amines is 2. The number of benzene rings is 4. The average molecular weight is 953 g/mol. The van der Waals surface area contributed by atoms with Gasteiger partial charge in [-0.05, 0) is 96.6 Å². The van der Waals surface area contributed by atoms with Crippen molar-refractivity contribution in [3.05, 3.63) is 154 Å². The first-order chi connectivity index (χ1) is 34.7. The van der Waals surface area contributed by atoms with E-state index < -0.39 is 4.92 Å². The minimum atomic E-state index is -0.480. The zero-order valence-electron chi connectivity index (χ0n) is 39.9. The largest absolute Gasteiger partial charge is 0.393 e. The highest BCUT2D eigenvalue weighted by molar-refractivity contribution is 6.05. The number of nitro benzene ring substituents is 1. The van der Waals surface area contributed by atoms with Gasteiger partial charge in [0.05, 0.1) is 57.3 Å². The number of rotatable bonds is 12. The van der Waals surface area contributed by atoms with Gasteiger partial charge in [-0.2, -0.15) is 0 Å². The number of nitro groups is 1. The molecular weight excluding hydrogens is 897 g/mol. The molecule has 18 heteroatoms. The molecule has 7 heterocycles. The van der Waals surface area contributed by atoms with E-state index in [1.807, 2.05) is 30.5 Å². The molecule has 18 nitrogen and oxygen atoms in total. The molecule has 0 spiro atoms. The van der Waals surface area contributed by atoms with Crippen molar-refractivity contribution in [2.45, 2.75) is 6.42 Å². The molecule has 11 rings (SSSR count). The van der Waals surface area contributed by atoms with Crippen LogP contribution in [-0.2, 0) is 15.9 Å². The smallest absolute Gasteiger partial charge is 0.292 e. The lowest BCUT2D eigenvalue weighted by molar-refractivity contribution is -0.383. The molecule has 0 bridgehead atoms. The molecule has 0 amide bonds. The number of nitrogens with one attached hydrogen (secondary N) is 2. The van der Waals surface area contributed by atoms with Crippen LogP contribution in [0.15, 0.2) is 127 Å². The topological polar surface area (TPSA) is 200 Å². The standard InChI is InChI=1S/C27H28N6O.C20H24N6O3.C6H4N2/c1-34-15-14-32-10-12-33(13-11-32)21-6-8-24-26(18-21)31-27(30-24)19-5-7-22-20(16-19)17-25(29-22)23-4-2-3-9-28-23;1-29-11-10-24-6-8-25(9-7-24)15-3-5-17-18(13-15)23-20(22-17)14-2-4-16(21)19(12-14)26(27)28;1-7-6-4-2-3-5-8-6/h2-9,16,18H,10-15,17H2,1H3,(H,30,31);2-5,12-13H,6-11,21H2,1H3,(H,22,23);2-5H. The van der Waals surface area contributed by atoms with Crippen LogP contribution < -0.4 is 15.5 Å². The fourth-order valence-electron chi connectivity index (χ4n) is 8.86. The number of methoxy groups -OCH3 is 2. The average Bonchev–Trinajstić information content (AvgIpc) is 4.18. The molecular formula is C53H56N14O4. The summed E-state index contributed by atoms with van der Waals surface area (Å²) < 4.78 is 10.4. The van der Waals surface area contributed by atoms with Gasteiger partial charge in [-0.3, -0.25) is 29.9 Å². The summed E-state index contributed by atoms with van der Waals surface area (Å²) in [4.78, 5) is 52.7. The van der Waals surface area contributed by atoms with E-state index in [1.165, 1.54) is 23.4 Å². The van der Waals surface area contributed by atoms with Crippen LogP contribution in [0.3, 0.4) is 0 Å². The number of imidazole rings is 2. The van der Waals surface area contributed by atoms with Crippen molar-refractivity contribution in [2.75, 3.05) is 108 Å². The Labute approximate surface area is 411 Å². The fraction of sp³-hybridized carbons (Fsp3) is 0.283. The van der Waals surface area contributed by atoms with E-state index in [0.29, 0.717) is 17.2 Å². The van der Waals surface area contributed by atoms with Crippen molar-refractivity contribution in [3.63, 3.8) is 0 Å². The molecule has 2 saturated heterocycles. The lowest BCUT2D eigenvalue weighted by atomic mass is 10.0. The number of aromatic nitrogens is 6. The van der Waals surface area contributed by atoms with Crippen molar-refractivity contribution in [1.29, 1.82) is 0 Å². The number of nitrogen functional groups attached to an aromatic ring is 1. The molecule has 4 aromatic carbocycles. The second-order valence-corrected chi connectivity index (χ2v) is 17.3. The predicted molar refractivity (Wildman–Crippen MR) is 280 cm³/mol. The van der Waals surface area contributed by atoms with Crippen LogP contribution >= 0.6 is 0 Å². The fourth-order valence-corrected chi connectivity index (χ4v) is 8.86. The number of hydrogen-bond donors (Lipinski definition) is 3. The van der Waals surface area contributed by atoms with E-state index in [2.05, 4.69) is 97.9 Å². The van der Waals surface area contributed by atoms with Gasteiger partial charge in [0.1, 0.15) is 23.5 Å². The number of anilines is 3. The van der Waals surface area contributed by atoms with Crippen LogP contribution in [0.5, 0.6) is 0 Å². The number of H-pyrrole nitrogens is 2. The van der Waals surface area contributed by atoms with Gasteiger partial charge in [-0.1, -0.05) is 18.7 Å². The van der Waals surface area contributed by atoms with Gasteiger partial charge in [0, 0.05) is 121 Å². The zero-order chi connectivity index (χ0) is 49.1. The minimum Gasteiger partial charge on any atom is -0.393 e. The summed E-state index contributed by atoms with van der Waals surface area (Å²) >= 11 is 0. The lowest BCUT2D eigenvalue weighted by Gasteiger charge is -2.36. The van der Waals surface area contributed by atoms with Gasteiger partial charge in [0.2, 0.25) is 0 Å². The Kier molecular flexibility index (Phi) is 15.2. The summed E-state index contributed by atoms with van der Waals surface area (Å²) in [7, 11) is 3.49. The molecule has 3 aliphatic rings. The van der Waals surface area contributed by atoms with Crippen LogP contribution in [0.1, 0.15) is 11.3 Å². The third-order valence-electron chi connectivity index (χ3n) is 12.8. The molecule has 362 valence electrons. The maximum Gasteiger partial charge on any atom is 0.292 e. The first-order valence-electron chi connectivity index (χ1n) is 23.6. The first kappa shape index (κ1) is 48.0. The molecule has 8 aromatic rings. The molecule has 4 N–H and O–H groups in total. The van der Waals surface area contributed by atoms with Crippen molar-refractivity contribution >= 4 is 62.0 Å². The van der Waals surface area contributed by atoms with E-state index in [1.54, 1.807) is 44.7 Å². The van der Waals surface area contributed by atoms with Crippen molar-refractivity contribution in [3.8, 4) is 22.8 Å². The van der Waals surface area contributed by atoms with Crippen molar-refractivity contribution < 1.29 is 14.4 Å². The zero-order valence-corrected chi connectivity index (χ0v) is 39.9. The molecule has 3 aliphatic heterocycles. The van der Waals surface area contributed by atoms with E-state index >= 15 is 0 Å². The van der Waals surface area contributed by atoms with Gasteiger partial charge in [0.15, 0.2) is 0 Å². The quantitative estimate of drug-likeness (QED) is 0.0459. The Morgan fingerprint density at radius 3 is 1.76 bits per heavy atom. The highest BCUT2D eigenvalue weighted by atomic mass is 16.6. The first-order valence-corrected chi connectivity index (χ1v) is 23.6.